The van der Waals surface area contributed by atoms with E-state index < -0.39 is 53.8 Å². The Kier molecular flexibility index (Phi) is 12.5. The van der Waals surface area contributed by atoms with Gasteiger partial charge in [-0.1, -0.05) is 0 Å². The third kappa shape index (κ3) is 8.04. The van der Waals surface area contributed by atoms with E-state index in [1.54, 1.807) is 20.7 Å². The first-order valence-corrected chi connectivity index (χ1v) is 52.4. The first kappa shape index (κ1) is 46.4. The molecule has 0 saturated carbocycles. The number of fused-ring (bicyclic) bond motifs is 2. The van der Waals surface area contributed by atoms with Crippen LogP contribution in [0.2, 0.25) is 91.7 Å². The van der Waals surface area contributed by atoms with Crippen molar-refractivity contribution in [1.82, 2.24) is 0 Å². The van der Waals surface area contributed by atoms with E-state index >= 15 is 0 Å². The van der Waals surface area contributed by atoms with Gasteiger partial charge >= 0.3 is 371 Å². The van der Waals surface area contributed by atoms with E-state index in [-0.39, 0.29) is 7.25 Å². The standard InChI is InChI=1S/2C24H33Si2.C2H7Si.2ClH.Zr/c2*1-9-18-10-11-19-12-17(2)13-23(19)24(18)20-14-21(25(3,4)5)16-22(15-20)26(6,7)8;1-3-2;;;/h2*10-16H,9H2,1-8H3;3H,1-2H3;2*1H;/q;;;;;+2/p-2. The molecule has 2 aliphatic carbocycles. The zero-order valence-corrected chi connectivity index (χ0v) is 48.5. The molecule has 8 heteroatoms. The number of aryl methyl sites for hydroxylation is 2. The molecule has 0 amide bonds. The van der Waals surface area contributed by atoms with Gasteiger partial charge in [-0.15, -0.1) is 0 Å². The summed E-state index contributed by atoms with van der Waals surface area (Å²) in [5.74, 6) is -1.68. The minimum absolute atomic E-state index is 0.0787. The van der Waals surface area contributed by atoms with Crippen LogP contribution in [-0.4, -0.2) is 38.2 Å². The van der Waals surface area contributed by atoms with Gasteiger partial charge in [0.15, 0.2) is 0 Å². The number of allylic oxidation sites excluding steroid dienone is 2. The molecule has 6 rings (SSSR count). The van der Waals surface area contributed by atoms with Crippen LogP contribution in [0.15, 0.2) is 71.8 Å². The first-order valence-electron chi connectivity index (χ1n) is 22.1. The van der Waals surface area contributed by atoms with Gasteiger partial charge in [-0.25, -0.2) is 0 Å². The second-order valence-corrected chi connectivity index (χ2v) is 85.4. The van der Waals surface area contributed by atoms with Gasteiger partial charge < -0.3 is 0 Å². The zero-order chi connectivity index (χ0) is 43.3. The van der Waals surface area contributed by atoms with Crippen LogP contribution >= 0.6 is 17.0 Å². The van der Waals surface area contributed by atoms with E-state index in [2.05, 4.69) is 192 Å². The fraction of sp³-hybridized carbons (Fsp3) is 0.440. The van der Waals surface area contributed by atoms with Crippen LogP contribution in [-0.2, 0) is 28.4 Å². The number of hydrogen-bond acceptors (Lipinski definition) is 0. The predicted molar refractivity (Wildman–Crippen MR) is 278 cm³/mol. The fourth-order valence-corrected chi connectivity index (χ4v) is 48.0. The van der Waals surface area contributed by atoms with Crippen molar-refractivity contribution in [2.24, 2.45) is 0 Å². The Morgan fingerprint density at radius 3 is 1.03 bits per heavy atom. The molecule has 0 fully saturated rings. The van der Waals surface area contributed by atoms with E-state index in [1.807, 2.05) is 0 Å². The summed E-state index contributed by atoms with van der Waals surface area (Å²) in [6.07, 6.45) is 7.04. The third-order valence-electron chi connectivity index (χ3n) is 13.9. The van der Waals surface area contributed by atoms with Crippen LogP contribution in [0, 0.1) is 0 Å². The van der Waals surface area contributed by atoms with Crippen molar-refractivity contribution in [1.29, 1.82) is 0 Å². The van der Waals surface area contributed by atoms with Crippen LogP contribution < -0.4 is 20.7 Å². The van der Waals surface area contributed by atoms with Crippen molar-refractivity contribution in [2.45, 2.75) is 139 Å². The molecule has 0 spiro atoms. The summed E-state index contributed by atoms with van der Waals surface area (Å²) in [5.41, 5.74) is 16.8. The zero-order valence-electron chi connectivity index (χ0n) is 39.3. The average molecular weight is 977 g/mol. The van der Waals surface area contributed by atoms with Crippen molar-refractivity contribution < 1.29 is 15.6 Å². The molecule has 0 N–H and O–H groups in total. The van der Waals surface area contributed by atoms with Crippen LogP contribution in [0.3, 0.4) is 0 Å². The molecule has 4 aromatic carbocycles. The Morgan fingerprint density at radius 1 is 0.500 bits per heavy atom. The van der Waals surface area contributed by atoms with Crippen molar-refractivity contribution in [3.63, 3.8) is 0 Å². The predicted octanol–water partition coefficient (Wildman–Crippen LogP) is 13.9. The van der Waals surface area contributed by atoms with Crippen LogP contribution in [0.4, 0.5) is 0 Å². The molecular formula is C50H73Cl2Si5Zr. The van der Waals surface area contributed by atoms with Gasteiger partial charge in [0.1, 0.15) is 0 Å². The molecule has 58 heavy (non-hydrogen) atoms. The van der Waals surface area contributed by atoms with E-state index in [9.17, 15) is 0 Å². The SMILES string of the molecule is CCc1ccc2c(c1-c1cc([Si](C)(C)C)cc([Si](C)(C)C)c1)C=C(C)[CH]2[Zr]([Cl])([Cl])([CH]1C(C)=Cc2c1ccc(CC)c2-c1cc([Si](C)(C)C)cc([Si](C)(C)C)c1)[SiH](C)C. The Morgan fingerprint density at radius 2 is 0.793 bits per heavy atom. The summed E-state index contributed by atoms with van der Waals surface area (Å²) < 4.78 is 0.157. The van der Waals surface area contributed by atoms with Crippen molar-refractivity contribution in [3.8, 4) is 22.3 Å². The van der Waals surface area contributed by atoms with Crippen LogP contribution in [0.5, 0.6) is 0 Å². The molecule has 0 radical (unpaired) electrons. The van der Waals surface area contributed by atoms with E-state index in [0.717, 1.165) is 12.8 Å². The molecule has 0 saturated heterocycles. The monoisotopic (exact) mass is 973 g/mol. The number of hydrogen-bond donors (Lipinski definition) is 0. The van der Waals surface area contributed by atoms with Crippen molar-refractivity contribution in [3.05, 3.63) is 105 Å². The summed E-state index contributed by atoms with van der Waals surface area (Å²) in [5, 5.41) is 6.24. The Bertz CT molecular complexity index is 2140. The maximum absolute atomic E-state index is 8.85. The van der Waals surface area contributed by atoms with Gasteiger partial charge in [-0.3, -0.25) is 0 Å². The molecule has 4 aromatic rings. The van der Waals surface area contributed by atoms with E-state index in [0.29, 0.717) is 0 Å². The molecule has 311 valence electrons. The number of rotatable bonds is 11. The first-order chi connectivity index (χ1) is 26.5. The van der Waals surface area contributed by atoms with E-state index in [1.165, 1.54) is 66.8 Å². The van der Waals surface area contributed by atoms with Crippen LogP contribution in [0.1, 0.15) is 68.3 Å². The summed E-state index contributed by atoms with van der Waals surface area (Å²) in [7, 11) is 11.3. The molecular weight excluding hydrogens is 903 g/mol. The number of benzene rings is 4. The van der Waals surface area contributed by atoms with Gasteiger partial charge in [0, 0.05) is 0 Å². The van der Waals surface area contributed by atoms with Gasteiger partial charge in [-0.2, -0.15) is 0 Å². The van der Waals surface area contributed by atoms with E-state index in [4.69, 9.17) is 17.0 Å². The van der Waals surface area contributed by atoms with Gasteiger partial charge in [0.05, 0.1) is 0 Å². The van der Waals surface area contributed by atoms with Gasteiger partial charge in [0.2, 0.25) is 0 Å². The Hall–Kier alpha value is -1.09. The molecule has 0 bridgehead atoms. The molecule has 0 aliphatic heterocycles. The molecule has 0 heterocycles. The molecule has 2 atom stereocenters. The fourth-order valence-electron chi connectivity index (χ4n) is 10.1. The van der Waals surface area contributed by atoms with Gasteiger partial charge in [-0.05, 0) is 0 Å². The second kappa shape index (κ2) is 15.6. The molecule has 0 nitrogen and oxygen atoms in total. The topological polar surface area (TPSA) is 0 Å². The van der Waals surface area contributed by atoms with Gasteiger partial charge in [0.25, 0.3) is 0 Å². The summed E-state index contributed by atoms with van der Waals surface area (Å²) >= 11 is -4.91. The molecule has 0 aromatic heterocycles. The third-order valence-corrected chi connectivity index (χ3v) is 74.2. The summed E-state index contributed by atoms with van der Waals surface area (Å²) in [4.78, 5) is 0. The van der Waals surface area contributed by atoms with Crippen molar-refractivity contribution in [2.75, 3.05) is 0 Å². The normalized spacial score (nSPS) is 18.2. The average Bonchev–Trinajstić information content (AvgIpc) is 3.65. The minimum atomic E-state index is -4.91. The molecule has 2 unspecified atom stereocenters. The van der Waals surface area contributed by atoms with Crippen molar-refractivity contribution >= 4 is 88.1 Å². The Labute approximate surface area is 367 Å². The van der Waals surface area contributed by atoms with Crippen LogP contribution in [0.25, 0.3) is 34.4 Å². The number of halogens is 2. The molecule has 2 aliphatic rings. The summed E-state index contributed by atoms with van der Waals surface area (Å²) in [6, 6.07) is 25.1. The maximum atomic E-state index is 8.85. The summed E-state index contributed by atoms with van der Waals surface area (Å²) in [6.45, 7) is 44.3. The Balaban J connectivity index is 1.62. The quantitative estimate of drug-likeness (QED) is 0.131. The second-order valence-electron chi connectivity index (χ2n) is 22.5.